The van der Waals surface area contributed by atoms with Gasteiger partial charge in [0.2, 0.25) is 0 Å². The second-order valence-electron chi connectivity index (χ2n) is 5.85. The van der Waals surface area contributed by atoms with Crippen molar-refractivity contribution in [2.75, 3.05) is 5.33 Å². The molecule has 1 aromatic heterocycles. The Bertz CT molecular complexity index is 543. The summed E-state index contributed by atoms with van der Waals surface area (Å²) >= 11 is 3.74. The summed E-state index contributed by atoms with van der Waals surface area (Å²) in [6.45, 7) is 6.68. The maximum absolute atomic E-state index is 4.78. The van der Waals surface area contributed by atoms with Gasteiger partial charge in [-0.2, -0.15) is 5.10 Å². The molecule has 2 rings (SSSR count). The van der Waals surface area contributed by atoms with E-state index in [1.54, 1.807) is 0 Å². The Morgan fingerprint density at radius 1 is 1.19 bits per heavy atom. The number of halogens is 1. The summed E-state index contributed by atoms with van der Waals surface area (Å²) in [6, 6.07) is 13.4. The van der Waals surface area contributed by atoms with Crippen LogP contribution in [0.25, 0.3) is 0 Å². The summed E-state index contributed by atoms with van der Waals surface area (Å²) in [5.41, 5.74) is 2.69. The topological polar surface area (TPSA) is 17.8 Å². The molecule has 0 aliphatic carbocycles. The molecule has 3 heteroatoms. The zero-order chi connectivity index (χ0) is 15.3. The normalized spacial score (nSPS) is 15.6. The van der Waals surface area contributed by atoms with E-state index in [1.807, 2.05) is 0 Å². The van der Waals surface area contributed by atoms with Crippen molar-refractivity contribution < 1.29 is 0 Å². The number of alkyl halides is 1. The highest BCUT2D eigenvalue weighted by molar-refractivity contribution is 9.09. The van der Waals surface area contributed by atoms with Gasteiger partial charge in [0.15, 0.2) is 0 Å². The van der Waals surface area contributed by atoms with Gasteiger partial charge < -0.3 is 0 Å². The molecule has 114 valence electrons. The van der Waals surface area contributed by atoms with Gasteiger partial charge in [0, 0.05) is 29.4 Å². The van der Waals surface area contributed by atoms with Crippen LogP contribution in [-0.2, 0) is 11.8 Å². The molecule has 0 saturated heterocycles. The summed E-state index contributed by atoms with van der Waals surface area (Å²) in [5.74, 6) is 0. The number of hydrogen-bond donors (Lipinski definition) is 0. The van der Waals surface area contributed by atoms with E-state index >= 15 is 0 Å². The first-order chi connectivity index (χ1) is 10.1. The molecule has 0 radical (unpaired) electrons. The summed E-state index contributed by atoms with van der Waals surface area (Å²) in [4.78, 5) is 0. The van der Waals surface area contributed by atoms with E-state index in [0.717, 1.165) is 24.6 Å². The van der Waals surface area contributed by atoms with Gasteiger partial charge in [0.1, 0.15) is 0 Å². The third-order valence-corrected chi connectivity index (χ3v) is 5.62. The lowest BCUT2D eigenvalue weighted by Crippen LogP contribution is -2.30. The van der Waals surface area contributed by atoms with Crippen LogP contribution in [0.15, 0.2) is 42.6 Å². The Morgan fingerprint density at radius 2 is 1.90 bits per heavy atom. The third kappa shape index (κ3) is 3.57. The average molecular weight is 349 g/mol. The lowest BCUT2D eigenvalue weighted by molar-refractivity contribution is 0.439. The van der Waals surface area contributed by atoms with Crippen molar-refractivity contribution in [3.63, 3.8) is 0 Å². The van der Waals surface area contributed by atoms with Crippen molar-refractivity contribution in [3.8, 4) is 0 Å². The highest BCUT2D eigenvalue weighted by Gasteiger charge is 2.30. The zero-order valence-corrected chi connectivity index (χ0v) is 14.8. The van der Waals surface area contributed by atoms with Crippen LogP contribution in [0.2, 0.25) is 0 Å². The molecule has 0 N–H and O–H groups in total. The number of rotatable bonds is 7. The maximum Gasteiger partial charge on any atom is 0.0633 e. The van der Waals surface area contributed by atoms with E-state index in [4.69, 9.17) is 5.10 Å². The summed E-state index contributed by atoms with van der Waals surface area (Å²) in [7, 11) is 0. The highest BCUT2D eigenvalue weighted by Crippen LogP contribution is 2.33. The second-order valence-corrected chi connectivity index (χ2v) is 6.42. The molecule has 0 spiro atoms. The number of benzene rings is 1. The van der Waals surface area contributed by atoms with Gasteiger partial charge in [-0.25, -0.2) is 0 Å². The van der Waals surface area contributed by atoms with Gasteiger partial charge in [-0.15, -0.1) is 0 Å². The largest absolute Gasteiger partial charge is 0.270 e. The fraction of sp³-hybridized carbons (Fsp3) is 0.500. The molecule has 0 bridgehead atoms. The van der Waals surface area contributed by atoms with Crippen LogP contribution in [0.5, 0.6) is 0 Å². The molecule has 1 heterocycles. The minimum absolute atomic E-state index is 0.121. The molecule has 0 saturated carbocycles. The van der Waals surface area contributed by atoms with Crippen molar-refractivity contribution in [2.24, 2.45) is 0 Å². The highest BCUT2D eigenvalue weighted by atomic mass is 79.9. The molecule has 0 fully saturated rings. The van der Waals surface area contributed by atoms with Crippen LogP contribution in [0.1, 0.15) is 50.9 Å². The van der Waals surface area contributed by atoms with Crippen molar-refractivity contribution >= 4 is 15.9 Å². The van der Waals surface area contributed by atoms with Crippen LogP contribution in [-0.4, -0.2) is 15.1 Å². The quantitative estimate of drug-likeness (QED) is 0.633. The lowest BCUT2D eigenvalue weighted by Gasteiger charge is -2.31. The van der Waals surface area contributed by atoms with Crippen LogP contribution < -0.4 is 0 Å². The fourth-order valence-corrected chi connectivity index (χ4v) is 3.61. The van der Waals surface area contributed by atoms with E-state index in [2.05, 4.69) is 84.0 Å². The molecule has 21 heavy (non-hydrogen) atoms. The summed E-state index contributed by atoms with van der Waals surface area (Å²) < 4.78 is 2.09. The molecule has 0 aliphatic heterocycles. The number of nitrogens with zero attached hydrogens (tertiary/aromatic N) is 2. The standard InChI is InChI=1S/C18H25BrN2/c1-4-15(3)21-12-11-17(20-21)13-18(5-2,14-19)16-9-7-6-8-10-16/h6-12,15H,4-5,13-14H2,1-3H3. The molecule has 1 aromatic carbocycles. The van der Waals surface area contributed by atoms with Gasteiger partial charge >= 0.3 is 0 Å². The minimum atomic E-state index is 0.121. The van der Waals surface area contributed by atoms with Crippen molar-refractivity contribution in [2.45, 2.75) is 51.5 Å². The predicted molar refractivity (Wildman–Crippen MR) is 93.1 cm³/mol. The molecule has 2 nitrogen and oxygen atoms in total. The van der Waals surface area contributed by atoms with Gasteiger partial charge in [0.05, 0.1) is 5.69 Å². The van der Waals surface area contributed by atoms with E-state index in [1.165, 1.54) is 11.3 Å². The molecule has 0 amide bonds. The van der Waals surface area contributed by atoms with Crippen molar-refractivity contribution in [3.05, 3.63) is 53.9 Å². The maximum atomic E-state index is 4.78. The van der Waals surface area contributed by atoms with Crippen LogP contribution in [0.3, 0.4) is 0 Å². The van der Waals surface area contributed by atoms with Crippen LogP contribution in [0.4, 0.5) is 0 Å². The fourth-order valence-electron chi connectivity index (χ4n) is 2.69. The molecule has 2 aromatic rings. The Balaban J connectivity index is 2.26. The molecular formula is C18H25BrN2. The van der Waals surface area contributed by atoms with Crippen molar-refractivity contribution in [1.29, 1.82) is 0 Å². The molecular weight excluding hydrogens is 324 g/mol. The first kappa shape index (κ1) is 16.3. The second kappa shape index (κ2) is 7.26. The van der Waals surface area contributed by atoms with Gasteiger partial charge in [-0.1, -0.05) is 60.1 Å². The Morgan fingerprint density at radius 3 is 2.48 bits per heavy atom. The molecule has 2 unspecified atom stereocenters. The number of hydrogen-bond acceptors (Lipinski definition) is 1. The van der Waals surface area contributed by atoms with Crippen LogP contribution in [0, 0.1) is 0 Å². The zero-order valence-electron chi connectivity index (χ0n) is 13.2. The van der Waals surface area contributed by atoms with E-state index in [-0.39, 0.29) is 5.41 Å². The SMILES string of the molecule is CCC(C)n1ccc(CC(CC)(CBr)c2ccccc2)n1. The van der Waals surface area contributed by atoms with E-state index in [0.29, 0.717) is 6.04 Å². The van der Waals surface area contributed by atoms with Crippen molar-refractivity contribution in [1.82, 2.24) is 9.78 Å². The Kier molecular flexibility index (Phi) is 5.63. The smallest absolute Gasteiger partial charge is 0.0633 e. The van der Waals surface area contributed by atoms with E-state index < -0.39 is 0 Å². The molecule has 2 atom stereocenters. The van der Waals surface area contributed by atoms with E-state index in [9.17, 15) is 0 Å². The summed E-state index contributed by atoms with van der Waals surface area (Å²) in [5, 5.41) is 5.74. The lowest BCUT2D eigenvalue weighted by atomic mass is 9.76. The monoisotopic (exact) mass is 348 g/mol. The van der Waals surface area contributed by atoms with Gasteiger partial charge in [-0.05, 0) is 31.4 Å². The Labute approximate surface area is 136 Å². The third-order valence-electron chi connectivity index (χ3n) is 4.54. The Hall–Kier alpha value is -1.09. The first-order valence-electron chi connectivity index (χ1n) is 7.80. The minimum Gasteiger partial charge on any atom is -0.270 e. The van der Waals surface area contributed by atoms with Crippen LogP contribution >= 0.6 is 15.9 Å². The first-order valence-corrected chi connectivity index (χ1v) is 8.93. The molecule has 0 aliphatic rings. The van der Waals surface area contributed by atoms with Gasteiger partial charge in [-0.3, -0.25) is 4.68 Å². The predicted octanol–water partition coefficient (Wildman–Crippen LogP) is 5.14. The average Bonchev–Trinajstić information content (AvgIpc) is 3.01. The number of aromatic nitrogens is 2. The summed E-state index contributed by atoms with van der Waals surface area (Å²) in [6.07, 6.45) is 5.29. The van der Waals surface area contributed by atoms with Gasteiger partial charge in [0.25, 0.3) is 0 Å².